The quantitative estimate of drug-likeness (QED) is 0.719. The van der Waals surface area contributed by atoms with E-state index in [2.05, 4.69) is 23.3 Å². The van der Waals surface area contributed by atoms with Crippen molar-refractivity contribution in [3.63, 3.8) is 0 Å². The molecule has 2 N–H and O–H groups in total. The first-order valence-corrected chi connectivity index (χ1v) is 7.64. The van der Waals surface area contributed by atoms with E-state index in [4.69, 9.17) is 0 Å². The molecule has 0 aliphatic carbocycles. The van der Waals surface area contributed by atoms with Crippen LogP contribution >= 0.6 is 12.6 Å². The van der Waals surface area contributed by atoms with Crippen molar-refractivity contribution in [3.8, 4) is 0 Å². The van der Waals surface area contributed by atoms with E-state index in [0.29, 0.717) is 19.5 Å². The summed E-state index contributed by atoms with van der Waals surface area (Å²) < 4.78 is 0. The molecule has 5 nitrogen and oxygen atoms in total. The van der Waals surface area contributed by atoms with Crippen molar-refractivity contribution < 1.29 is 9.59 Å². The van der Waals surface area contributed by atoms with E-state index in [1.165, 1.54) is 0 Å². The van der Waals surface area contributed by atoms with Gasteiger partial charge in [0.05, 0.1) is 11.7 Å². The predicted molar refractivity (Wildman–Crippen MR) is 83.1 cm³/mol. The third-order valence-electron chi connectivity index (χ3n) is 4.30. The van der Waals surface area contributed by atoms with Crippen molar-refractivity contribution in [1.29, 1.82) is 0 Å². The third kappa shape index (κ3) is 3.06. The average molecular weight is 305 g/mol. The molecule has 2 aliphatic rings. The molecule has 2 amide bonds. The predicted octanol–water partition coefficient (Wildman–Crippen LogP) is 1.16. The number of rotatable bonds is 2. The van der Waals surface area contributed by atoms with E-state index >= 15 is 0 Å². The van der Waals surface area contributed by atoms with Crippen molar-refractivity contribution in [2.75, 3.05) is 13.1 Å². The summed E-state index contributed by atoms with van der Waals surface area (Å²) in [6.45, 7) is 1.24. The van der Waals surface area contributed by atoms with E-state index in [-0.39, 0.29) is 22.9 Å². The Kier molecular flexibility index (Phi) is 3.91. The first kappa shape index (κ1) is 14.4. The van der Waals surface area contributed by atoms with Crippen LogP contribution in [0.15, 0.2) is 30.3 Å². The number of thiol groups is 1. The van der Waals surface area contributed by atoms with Gasteiger partial charge in [0.1, 0.15) is 0 Å². The third-order valence-corrected chi connectivity index (χ3v) is 4.58. The van der Waals surface area contributed by atoms with Gasteiger partial charge in [0.2, 0.25) is 5.91 Å². The fraction of sp³-hybridized carbons (Fsp3) is 0.467. The van der Waals surface area contributed by atoms with Gasteiger partial charge in [0, 0.05) is 25.9 Å². The lowest BCUT2D eigenvalue weighted by atomic mass is 9.98. The van der Waals surface area contributed by atoms with Crippen molar-refractivity contribution in [2.24, 2.45) is 0 Å². The SMILES string of the molecule is O=C1NC2(CCN(C(=O)S)CC2)NC1Cc1ccccc1. The van der Waals surface area contributed by atoms with Gasteiger partial charge < -0.3 is 10.2 Å². The minimum absolute atomic E-state index is 0.0458. The fourth-order valence-corrected chi connectivity index (χ4v) is 3.30. The van der Waals surface area contributed by atoms with E-state index in [0.717, 1.165) is 18.4 Å². The van der Waals surface area contributed by atoms with Crippen molar-refractivity contribution in [3.05, 3.63) is 35.9 Å². The highest BCUT2D eigenvalue weighted by Crippen LogP contribution is 2.25. The molecule has 1 spiro atoms. The minimum Gasteiger partial charge on any atom is -0.337 e. The molecule has 1 atom stereocenters. The van der Waals surface area contributed by atoms with Gasteiger partial charge in [-0.25, -0.2) is 0 Å². The number of likely N-dealkylation sites (tertiary alicyclic amines) is 1. The zero-order chi connectivity index (χ0) is 14.9. The van der Waals surface area contributed by atoms with E-state index < -0.39 is 0 Å². The highest BCUT2D eigenvalue weighted by molar-refractivity contribution is 7.96. The van der Waals surface area contributed by atoms with Crippen LogP contribution in [0.4, 0.5) is 4.79 Å². The first-order valence-electron chi connectivity index (χ1n) is 7.19. The van der Waals surface area contributed by atoms with Crippen LogP contribution in [0.2, 0.25) is 0 Å². The molecule has 3 rings (SSSR count). The molecule has 0 bridgehead atoms. The molecule has 2 saturated heterocycles. The second-order valence-corrected chi connectivity index (χ2v) is 6.11. The van der Waals surface area contributed by atoms with Crippen molar-refractivity contribution in [1.82, 2.24) is 15.5 Å². The molecule has 0 saturated carbocycles. The molecule has 21 heavy (non-hydrogen) atoms. The van der Waals surface area contributed by atoms with Gasteiger partial charge in [0.15, 0.2) is 0 Å². The maximum Gasteiger partial charge on any atom is 0.278 e. The second-order valence-electron chi connectivity index (χ2n) is 5.73. The molecule has 1 aromatic carbocycles. The molecule has 1 unspecified atom stereocenters. The number of nitrogens with one attached hydrogen (secondary N) is 2. The zero-order valence-electron chi connectivity index (χ0n) is 11.7. The summed E-state index contributed by atoms with van der Waals surface area (Å²) in [7, 11) is 0. The standard InChI is InChI=1S/C15H19N3O2S/c19-13-12(10-11-4-2-1-3-5-11)16-15(17-13)6-8-18(9-7-15)14(20)21/h1-5,12,16H,6-10H2,(H,17,19)(H,20,21). The summed E-state index contributed by atoms with van der Waals surface area (Å²) in [6.07, 6.45) is 2.12. The average Bonchev–Trinajstić information content (AvgIpc) is 2.76. The summed E-state index contributed by atoms with van der Waals surface area (Å²) in [6, 6.07) is 9.79. The maximum absolute atomic E-state index is 12.2. The molecule has 0 radical (unpaired) electrons. The van der Waals surface area contributed by atoms with Gasteiger partial charge in [-0.15, -0.1) is 0 Å². The first-order chi connectivity index (χ1) is 10.1. The largest absolute Gasteiger partial charge is 0.337 e. The van der Waals surface area contributed by atoms with Gasteiger partial charge in [0.25, 0.3) is 5.24 Å². The van der Waals surface area contributed by atoms with Gasteiger partial charge in [-0.05, 0) is 12.0 Å². The van der Waals surface area contributed by atoms with E-state index in [1.54, 1.807) is 4.90 Å². The lowest BCUT2D eigenvalue weighted by molar-refractivity contribution is -0.121. The second kappa shape index (κ2) is 5.69. The summed E-state index contributed by atoms with van der Waals surface area (Å²) in [5.74, 6) is 0.0458. The Morgan fingerprint density at radius 2 is 1.95 bits per heavy atom. The Bertz CT molecular complexity index is 541. The van der Waals surface area contributed by atoms with Crippen molar-refractivity contribution >= 4 is 23.8 Å². The number of carbonyl (C=O) groups is 2. The highest BCUT2D eigenvalue weighted by Gasteiger charge is 2.45. The molecule has 2 fully saturated rings. The normalized spacial score (nSPS) is 24.1. The minimum atomic E-state index is -0.365. The van der Waals surface area contributed by atoms with Crippen LogP contribution in [0, 0.1) is 0 Å². The van der Waals surface area contributed by atoms with Crippen molar-refractivity contribution in [2.45, 2.75) is 31.0 Å². The Morgan fingerprint density at radius 1 is 1.29 bits per heavy atom. The topological polar surface area (TPSA) is 61.4 Å². The number of benzene rings is 1. The summed E-state index contributed by atoms with van der Waals surface area (Å²) >= 11 is 3.85. The van der Waals surface area contributed by atoms with Crippen LogP contribution in [0.1, 0.15) is 18.4 Å². The maximum atomic E-state index is 12.2. The number of hydrogen-bond acceptors (Lipinski definition) is 3. The van der Waals surface area contributed by atoms with E-state index in [9.17, 15) is 9.59 Å². The van der Waals surface area contributed by atoms with Gasteiger partial charge in [-0.2, -0.15) is 0 Å². The summed E-state index contributed by atoms with van der Waals surface area (Å²) in [5, 5.41) is 6.33. The molecule has 0 aromatic heterocycles. The Morgan fingerprint density at radius 3 is 2.57 bits per heavy atom. The molecule has 6 heteroatoms. The fourth-order valence-electron chi connectivity index (χ4n) is 3.10. The van der Waals surface area contributed by atoms with Crippen LogP contribution in [-0.2, 0) is 11.2 Å². The smallest absolute Gasteiger partial charge is 0.278 e. The molecule has 2 heterocycles. The lowest BCUT2D eigenvalue weighted by Gasteiger charge is -2.38. The lowest BCUT2D eigenvalue weighted by Crippen LogP contribution is -2.57. The van der Waals surface area contributed by atoms with Crippen LogP contribution < -0.4 is 10.6 Å². The Balaban J connectivity index is 1.64. The molecular formula is C15H19N3O2S. The molecule has 1 aromatic rings. The Hall–Kier alpha value is -1.53. The number of nitrogens with zero attached hydrogens (tertiary/aromatic N) is 1. The Labute approximate surface area is 129 Å². The van der Waals surface area contributed by atoms with Gasteiger partial charge >= 0.3 is 0 Å². The van der Waals surface area contributed by atoms with Crippen LogP contribution in [0.5, 0.6) is 0 Å². The number of carbonyl (C=O) groups excluding carboxylic acids is 2. The molecular weight excluding hydrogens is 286 g/mol. The zero-order valence-corrected chi connectivity index (χ0v) is 12.6. The summed E-state index contributed by atoms with van der Waals surface area (Å²) in [4.78, 5) is 25.2. The van der Waals surface area contributed by atoms with Gasteiger partial charge in [-0.1, -0.05) is 43.0 Å². The van der Waals surface area contributed by atoms with Gasteiger partial charge in [-0.3, -0.25) is 14.9 Å². The number of hydrogen-bond donors (Lipinski definition) is 3. The van der Waals surface area contributed by atoms with E-state index in [1.807, 2.05) is 30.3 Å². The van der Waals surface area contributed by atoms with Crippen LogP contribution in [0.3, 0.4) is 0 Å². The molecule has 2 aliphatic heterocycles. The summed E-state index contributed by atoms with van der Waals surface area (Å²) in [5.41, 5.74) is 0.779. The number of amides is 2. The molecule has 112 valence electrons. The number of piperidine rings is 1. The monoisotopic (exact) mass is 305 g/mol. The van der Waals surface area contributed by atoms with Crippen LogP contribution in [0.25, 0.3) is 0 Å². The van der Waals surface area contributed by atoms with Crippen LogP contribution in [-0.4, -0.2) is 40.8 Å². The highest BCUT2D eigenvalue weighted by atomic mass is 32.1.